The quantitative estimate of drug-likeness (QED) is 0.736. The second-order valence-corrected chi connectivity index (χ2v) is 6.64. The molecule has 0 amide bonds. The fraction of sp³-hybridized carbons (Fsp3) is 0.250. The van der Waals surface area contributed by atoms with Crippen LogP contribution in [0.1, 0.15) is 5.56 Å². The van der Waals surface area contributed by atoms with Crippen molar-refractivity contribution in [3.05, 3.63) is 63.9 Å². The van der Waals surface area contributed by atoms with Crippen molar-refractivity contribution >= 4 is 35.0 Å². The molecule has 2 aromatic rings. The van der Waals surface area contributed by atoms with E-state index in [4.69, 9.17) is 23.2 Å². The molecule has 21 heavy (non-hydrogen) atoms. The molecule has 0 saturated heterocycles. The lowest BCUT2D eigenvalue weighted by Gasteiger charge is -2.16. The van der Waals surface area contributed by atoms with Crippen LogP contribution in [0, 0.1) is 5.82 Å². The molecule has 0 saturated carbocycles. The van der Waals surface area contributed by atoms with Crippen LogP contribution in [0.25, 0.3) is 0 Å². The van der Waals surface area contributed by atoms with Crippen molar-refractivity contribution in [2.24, 2.45) is 0 Å². The summed E-state index contributed by atoms with van der Waals surface area (Å²) in [7, 11) is 1.92. The number of halogens is 3. The Morgan fingerprint density at radius 1 is 1.14 bits per heavy atom. The van der Waals surface area contributed by atoms with Crippen molar-refractivity contribution in [3.63, 3.8) is 0 Å². The van der Waals surface area contributed by atoms with Crippen molar-refractivity contribution in [1.82, 2.24) is 5.32 Å². The molecule has 1 N–H and O–H groups in total. The van der Waals surface area contributed by atoms with E-state index in [0.717, 1.165) is 22.8 Å². The number of likely N-dealkylation sites (N-methyl/N-ethyl adjacent to an activating group) is 1. The lowest BCUT2D eigenvalue weighted by molar-refractivity contribution is 0.603. The molecule has 0 spiro atoms. The van der Waals surface area contributed by atoms with Crippen LogP contribution >= 0.6 is 35.0 Å². The van der Waals surface area contributed by atoms with Crippen LogP contribution in [0.2, 0.25) is 10.0 Å². The average Bonchev–Trinajstić information content (AvgIpc) is 2.49. The van der Waals surface area contributed by atoms with Crippen LogP contribution in [0.15, 0.2) is 47.4 Å². The molecular weight excluding hydrogens is 328 g/mol. The first-order valence-electron chi connectivity index (χ1n) is 6.58. The molecule has 0 radical (unpaired) electrons. The van der Waals surface area contributed by atoms with Gasteiger partial charge in [-0.3, -0.25) is 0 Å². The fourth-order valence-corrected chi connectivity index (χ4v) is 3.17. The fourth-order valence-electron chi connectivity index (χ4n) is 1.92. The normalized spacial score (nSPS) is 12.4. The second-order valence-electron chi connectivity index (χ2n) is 4.70. The molecule has 5 heteroatoms. The van der Waals surface area contributed by atoms with Gasteiger partial charge in [0.1, 0.15) is 5.82 Å². The van der Waals surface area contributed by atoms with Crippen molar-refractivity contribution in [2.75, 3.05) is 12.8 Å². The Morgan fingerprint density at radius 3 is 2.48 bits per heavy atom. The summed E-state index contributed by atoms with van der Waals surface area (Å²) in [5.74, 6) is 0.525. The summed E-state index contributed by atoms with van der Waals surface area (Å²) >= 11 is 13.3. The first kappa shape index (κ1) is 16.6. The number of benzene rings is 2. The highest BCUT2D eigenvalue weighted by Crippen LogP contribution is 2.22. The van der Waals surface area contributed by atoms with E-state index in [2.05, 4.69) is 5.32 Å². The van der Waals surface area contributed by atoms with Gasteiger partial charge in [0.25, 0.3) is 0 Å². The average molecular weight is 344 g/mol. The summed E-state index contributed by atoms with van der Waals surface area (Å²) < 4.78 is 13.5. The lowest BCUT2D eigenvalue weighted by atomic mass is 10.1. The van der Waals surface area contributed by atoms with Gasteiger partial charge < -0.3 is 5.32 Å². The molecule has 0 aliphatic carbocycles. The van der Waals surface area contributed by atoms with Crippen molar-refractivity contribution < 1.29 is 4.39 Å². The molecular formula is C16H16Cl2FNS. The summed E-state index contributed by atoms with van der Waals surface area (Å²) in [6.45, 7) is 0. The monoisotopic (exact) mass is 343 g/mol. The molecule has 0 aliphatic rings. The van der Waals surface area contributed by atoms with Crippen molar-refractivity contribution in [2.45, 2.75) is 17.4 Å². The minimum absolute atomic E-state index is 0.162. The van der Waals surface area contributed by atoms with Crippen LogP contribution in [0.4, 0.5) is 4.39 Å². The predicted octanol–water partition coefficient (Wildman–Crippen LogP) is 5.06. The molecule has 0 aromatic heterocycles. The number of hydrogen-bond donors (Lipinski definition) is 1. The maximum absolute atomic E-state index is 13.5. The van der Waals surface area contributed by atoms with Crippen LogP contribution in [-0.2, 0) is 6.42 Å². The molecule has 2 rings (SSSR count). The SMILES string of the molecule is CNC(CSc1ccc(Cl)cc1)Cc1ccc(Cl)c(F)c1. The Hall–Kier alpha value is -0.740. The molecule has 0 bridgehead atoms. The number of nitrogens with one attached hydrogen (secondary N) is 1. The maximum atomic E-state index is 13.5. The van der Waals surface area contributed by atoms with Crippen LogP contribution in [0.5, 0.6) is 0 Å². The van der Waals surface area contributed by atoms with E-state index >= 15 is 0 Å². The highest BCUT2D eigenvalue weighted by Gasteiger charge is 2.10. The van der Waals surface area contributed by atoms with Gasteiger partial charge in [0.15, 0.2) is 0 Å². The molecule has 0 heterocycles. The topological polar surface area (TPSA) is 12.0 Å². The third-order valence-corrected chi connectivity index (χ3v) is 4.87. The molecule has 1 unspecified atom stereocenters. The zero-order valence-electron chi connectivity index (χ0n) is 11.6. The zero-order chi connectivity index (χ0) is 15.2. The molecule has 0 aliphatic heterocycles. The Labute approximate surface area is 138 Å². The zero-order valence-corrected chi connectivity index (χ0v) is 13.9. The Morgan fingerprint density at radius 2 is 1.86 bits per heavy atom. The number of rotatable bonds is 6. The van der Waals surface area contributed by atoms with Crippen LogP contribution in [0.3, 0.4) is 0 Å². The van der Waals surface area contributed by atoms with Gasteiger partial charge >= 0.3 is 0 Å². The Bertz CT molecular complexity index is 589. The Kier molecular flexibility index (Phi) is 6.37. The minimum atomic E-state index is -0.366. The standard InChI is InChI=1S/C16H16Cl2FNS/c1-20-13(8-11-2-7-15(18)16(19)9-11)10-21-14-5-3-12(17)4-6-14/h2-7,9,13,20H,8,10H2,1H3. The summed E-state index contributed by atoms with van der Waals surface area (Å²) in [5.41, 5.74) is 0.938. The summed E-state index contributed by atoms with van der Waals surface area (Å²) in [6.07, 6.45) is 0.755. The van der Waals surface area contributed by atoms with Gasteiger partial charge in [-0.15, -0.1) is 11.8 Å². The minimum Gasteiger partial charge on any atom is -0.316 e. The van der Waals surface area contributed by atoms with E-state index in [1.165, 1.54) is 11.0 Å². The van der Waals surface area contributed by atoms with Crippen LogP contribution < -0.4 is 5.32 Å². The van der Waals surface area contributed by atoms with E-state index in [-0.39, 0.29) is 16.9 Å². The second kappa shape index (κ2) is 8.04. The van der Waals surface area contributed by atoms with Gasteiger partial charge in [-0.25, -0.2) is 4.39 Å². The highest BCUT2D eigenvalue weighted by molar-refractivity contribution is 7.99. The number of thioether (sulfide) groups is 1. The molecule has 2 aromatic carbocycles. The van der Waals surface area contributed by atoms with E-state index in [0.29, 0.717) is 0 Å². The van der Waals surface area contributed by atoms with Gasteiger partial charge in [0.05, 0.1) is 5.02 Å². The smallest absolute Gasteiger partial charge is 0.142 e. The number of hydrogen-bond acceptors (Lipinski definition) is 2. The Balaban J connectivity index is 1.93. The largest absolute Gasteiger partial charge is 0.316 e. The van der Waals surface area contributed by atoms with Gasteiger partial charge in [0.2, 0.25) is 0 Å². The lowest BCUT2D eigenvalue weighted by Crippen LogP contribution is -2.30. The summed E-state index contributed by atoms with van der Waals surface area (Å²) in [6, 6.07) is 13.0. The third kappa shape index (κ3) is 5.19. The van der Waals surface area contributed by atoms with Gasteiger partial charge in [-0.2, -0.15) is 0 Å². The van der Waals surface area contributed by atoms with Crippen molar-refractivity contribution in [1.29, 1.82) is 0 Å². The first-order valence-corrected chi connectivity index (χ1v) is 8.32. The van der Waals surface area contributed by atoms with Gasteiger partial charge in [0, 0.05) is 21.7 Å². The third-order valence-electron chi connectivity index (χ3n) is 3.14. The van der Waals surface area contributed by atoms with Crippen molar-refractivity contribution in [3.8, 4) is 0 Å². The van der Waals surface area contributed by atoms with Gasteiger partial charge in [-0.1, -0.05) is 29.3 Å². The summed E-state index contributed by atoms with van der Waals surface area (Å²) in [5, 5.41) is 4.16. The molecule has 1 nitrogen and oxygen atoms in total. The first-order chi connectivity index (χ1) is 10.1. The van der Waals surface area contributed by atoms with E-state index in [9.17, 15) is 4.39 Å². The van der Waals surface area contributed by atoms with E-state index in [1.54, 1.807) is 17.8 Å². The van der Waals surface area contributed by atoms with E-state index < -0.39 is 0 Å². The van der Waals surface area contributed by atoms with E-state index in [1.807, 2.05) is 37.4 Å². The highest BCUT2D eigenvalue weighted by atomic mass is 35.5. The van der Waals surface area contributed by atoms with Crippen LogP contribution in [-0.4, -0.2) is 18.8 Å². The predicted molar refractivity (Wildman–Crippen MR) is 90.1 cm³/mol. The maximum Gasteiger partial charge on any atom is 0.142 e. The molecule has 0 fully saturated rings. The molecule has 1 atom stereocenters. The molecule has 112 valence electrons. The van der Waals surface area contributed by atoms with Gasteiger partial charge in [-0.05, 0) is 55.4 Å². The summed E-state index contributed by atoms with van der Waals surface area (Å²) in [4.78, 5) is 1.17.